The molecule has 0 aliphatic carbocycles. The molecule has 0 aromatic heterocycles. The first-order valence-corrected chi connectivity index (χ1v) is 36.2. The maximum absolute atomic E-state index is 10.2. The van der Waals surface area contributed by atoms with Crippen LogP contribution in [0.2, 0.25) is 0 Å². The quantitative estimate of drug-likeness (QED) is 0.0904. The summed E-state index contributed by atoms with van der Waals surface area (Å²) in [6, 6.07) is 139. The fourth-order valence-electron chi connectivity index (χ4n) is 16.0. The molecule has 2 N–H and O–H groups in total. The molecule has 0 aliphatic heterocycles. The summed E-state index contributed by atoms with van der Waals surface area (Å²) in [6.07, 6.45) is 0. The van der Waals surface area contributed by atoms with Crippen molar-refractivity contribution in [2.24, 2.45) is 0 Å². The summed E-state index contributed by atoms with van der Waals surface area (Å²) in [7, 11) is -1.55. The minimum atomic E-state index is -1.55. The van der Waals surface area contributed by atoms with Crippen molar-refractivity contribution in [2.75, 3.05) is 0 Å². The van der Waals surface area contributed by atoms with E-state index >= 15 is 0 Å². The molecule has 0 radical (unpaired) electrons. The summed E-state index contributed by atoms with van der Waals surface area (Å²) in [5.74, 6) is 0. The second-order valence-corrected chi connectivity index (χ2v) is 27.8. The first-order chi connectivity index (χ1) is 51.3. The van der Waals surface area contributed by atoms with E-state index in [1.165, 1.54) is 147 Å². The SMILES string of the molecule is Brc1ccc(-c2ccc3ccc4ccccc4c3c2)cc1.OB(O)c1c2ccccc2c(-c2cccc(-c3cccc4ccccc34)c2)c2ccccc12.c1cc(-c2cccc3ccccc23)cc(-c2c3ccccc3c(-c3ccc(-c4ccc5ccc6ccccc6c5c4)cc3)c3ccccc23)c1. The molecule has 2 nitrogen and oxygen atoms in total. The van der Waals surface area contributed by atoms with Gasteiger partial charge in [-0.2, -0.15) is 0 Å². The average molecular weight is 1390 g/mol. The first-order valence-electron chi connectivity index (χ1n) is 35.4. The normalized spacial score (nSPS) is 11.4. The average Bonchev–Trinajstić information content (AvgIpc) is 0.741. The third-order valence-electron chi connectivity index (χ3n) is 20.8. The predicted molar refractivity (Wildman–Crippen MR) is 450 cm³/mol. The topological polar surface area (TPSA) is 40.5 Å². The molecule has 0 aliphatic rings. The number of rotatable bonds is 8. The van der Waals surface area contributed by atoms with E-state index in [-0.39, 0.29) is 0 Å². The molecular formula is C100H66BBrO2. The Balaban J connectivity index is 0.000000122. The molecule has 0 unspecified atom stereocenters. The van der Waals surface area contributed by atoms with Crippen LogP contribution in [0.4, 0.5) is 0 Å². The van der Waals surface area contributed by atoms with E-state index < -0.39 is 7.12 Å². The van der Waals surface area contributed by atoms with Crippen molar-refractivity contribution in [2.45, 2.75) is 0 Å². The molecule has 0 spiro atoms. The Hall–Kier alpha value is -12.5. The lowest BCUT2D eigenvalue weighted by Crippen LogP contribution is -2.31. The van der Waals surface area contributed by atoms with Crippen molar-refractivity contribution in [3.63, 3.8) is 0 Å². The van der Waals surface area contributed by atoms with Gasteiger partial charge in [0.2, 0.25) is 0 Å². The molecule has 0 saturated carbocycles. The lowest BCUT2D eigenvalue weighted by atomic mass is 9.72. The fraction of sp³-hybridized carbons (Fsp3) is 0. The minimum Gasteiger partial charge on any atom is -0.423 e. The zero-order chi connectivity index (χ0) is 69.6. The summed E-state index contributed by atoms with van der Waals surface area (Å²) >= 11 is 3.49. The van der Waals surface area contributed by atoms with Crippen LogP contribution in [0.15, 0.2) is 393 Å². The third-order valence-corrected chi connectivity index (χ3v) is 21.4. The molecule has 20 aromatic carbocycles. The van der Waals surface area contributed by atoms with E-state index in [2.05, 4.69) is 368 Å². The number of benzene rings is 20. The van der Waals surface area contributed by atoms with E-state index in [1.54, 1.807) is 0 Å². The van der Waals surface area contributed by atoms with Crippen LogP contribution < -0.4 is 5.46 Å². The summed E-state index contributed by atoms with van der Waals surface area (Å²) in [6.45, 7) is 0. The minimum absolute atomic E-state index is 0.551. The molecule has 4 heteroatoms. The predicted octanol–water partition coefficient (Wildman–Crippen LogP) is 26.7. The van der Waals surface area contributed by atoms with Crippen LogP contribution in [0.5, 0.6) is 0 Å². The summed E-state index contributed by atoms with van der Waals surface area (Å²) < 4.78 is 1.11. The van der Waals surface area contributed by atoms with Crippen molar-refractivity contribution in [1.29, 1.82) is 0 Å². The smallest absolute Gasteiger partial charge is 0.423 e. The van der Waals surface area contributed by atoms with Crippen LogP contribution in [-0.2, 0) is 0 Å². The Morgan fingerprint density at radius 1 is 0.173 bits per heavy atom. The van der Waals surface area contributed by atoms with Crippen molar-refractivity contribution in [1.82, 2.24) is 0 Å². The van der Waals surface area contributed by atoms with Gasteiger partial charge in [0, 0.05) is 4.47 Å². The largest absolute Gasteiger partial charge is 0.489 e. The van der Waals surface area contributed by atoms with Gasteiger partial charge in [-0.3, -0.25) is 0 Å². The highest BCUT2D eigenvalue weighted by atomic mass is 79.9. The molecular weight excluding hydrogens is 1320 g/mol. The van der Waals surface area contributed by atoms with Gasteiger partial charge in [-0.15, -0.1) is 0 Å². The Morgan fingerprint density at radius 3 is 0.827 bits per heavy atom. The second-order valence-electron chi connectivity index (χ2n) is 26.8. The number of fused-ring (bicyclic) bond motifs is 12. The van der Waals surface area contributed by atoms with Gasteiger partial charge < -0.3 is 10.0 Å². The molecule has 20 rings (SSSR count). The third kappa shape index (κ3) is 11.8. The lowest BCUT2D eigenvalue weighted by molar-refractivity contribution is 0.426. The summed E-state index contributed by atoms with van der Waals surface area (Å²) in [4.78, 5) is 0. The maximum atomic E-state index is 10.2. The lowest BCUT2D eigenvalue weighted by Gasteiger charge is -2.18. The molecule has 488 valence electrons. The molecule has 0 atom stereocenters. The first kappa shape index (κ1) is 63.6. The summed E-state index contributed by atoms with van der Waals surface area (Å²) in [5.41, 5.74) is 17.6. The maximum Gasteiger partial charge on any atom is 0.489 e. The van der Waals surface area contributed by atoms with Crippen LogP contribution in [0, 0.1) is 0 Å². The van der Waals surface area contributed by atoms with Crippen molar-refractivity contribution in [3.05, 3.63) is 393 Å². The van der Waals surface area contributed by atoms with E-state index in [9.17, 15) is 10.0 Å². The standard InChI is InChI=1S/C50H32.C30H21BO2.C20H13Br/c1-3-16-41-34(11-1)13-10-22-43(41)39-14-9-15-40(31-39)50-46-20-7-5-18-44(46)49(45-19-6-8-21-47(45)50)37-28-23-33(24-29-37)38-30-27-36-26-25-35-12-2-4-17-42(35)48(36)32-38;32-31(33)30-27-16-5-3-14-25(27)29(26-15-4-6-17-28(26)30)22-12-7-11-21(19-22)24-18-8-10-20-9-1-2-13-23(20)24;21-18-11-9-14(10-12-18)17-8-7-16-6-5-15-3-1-2-4-19(15)20(16)13-17/h1-32H;1-19,32-33H;1-13H. The monoisotopic (exact) mass is 1390 g/mol. The van der Waals surface area contributed by atoms with E-state index in [0.717, 1.165) is 42.7 Å². The van der Waals surface area contributed by atoms with Gasteiger partial charge in [-0.25, -0.2) is 0 Å². The van der Waals surface area contributed by atoms with E-state index in [4.69, 9.17) is 0 Å². The van der Waals surface area contributed by atoms with Crippen LogP contribution >= 0.6 is 15.9 Å². The van der Waals surface area contributed by atoms with Crippen LogP contribution in [0.25, 0.3) is 186 Å². The molecule has 0 saturated heterocycles. The molecule has 20 aromatic rings. The Morgan fingerprint density at radius 2 is 0.433 bits per heavy atom. The second kappa shape index (κ2) is 27.4. The molecule has 0 bridgehead atoms. The van der Waals surface area contributed by atoms with Gasteiger partial charge in [0.05, 0.1) is 0 Å². The number of halogens is 1. The zero-order valence-electron chi connectivity index (χ0n) is 56.8. The molecule has 0 heterocycles. The van der Waals surface area contributed by atoms with E-state index in [1.807, 2.05) is 36.4 Å². The van der Waals surface area contributed by atoms with Gasteiger partial charge >= 0.3 is 7.12 Å². The van der Waals surface area contributed by atoms with Crippen molar-refractivity contribution >= 4 is 136 Å². The van der Waals surface area contributed by atoms with Crippen LogP contribution in [0.3, 0.4) is 0 Å². The van der Waals surface area contributed by atoms with Gasteiger partial charge in [0.1, 0.15) is 0 Å². The molecule has 0 amide bonds. The number of hydrogen-bond donors (Lipinski definition) is 2. The van der Waals surface area contributed by atoms with Crippen LogP contribution in [0.1, 0.15) is 0 Å². The fourth-order valence-corrected chi connectivity index (χ4v) is 16.2. The van der Waals surface area contributed by atoms with Gasteiger partial charge in [0.25, 0.3) is 0 Å². The van der Waals surface area contributed by atoms with Gasteiger partial charge in [0.15, 0.2) is 0 Å². The number of hydrogen-bond acceptors (Lipinski definition) is 2. The van der Waals surface area contributed by atoms with Gasteiger partial charge in [-0.05, 0) is 227 Å². The Kier molecular flexibility index (Phi) is 16.8. The van der Waals surface area contributed by atoms with Crippen molar-refractivity contribution in [3.8, 4) is 77.9 Å². The summed E-state index contributed by atoms with van der Waals surface area (Å²) in [5, 5.41) is 44.6. The Labute approximate surface area is 612 Å². The van der Waals surface area contributed by atoms with Gasteiger partial charge in [-0.1, -0.05) is 368 Å². The molecule has 0 fully saturated rings. The highest BCUT2D eigenvalue weighted by molar-refractivity contribution is 9.10. The van der Waals surface area contributed by atoms with Crippen LogP contribution in [-0.4, -0.2) is 17.2 Å². The molecule has 104 heavy (non-hydrogen) atoms. The zero-order valence-corrected chi connectivity index (χ0v) is 58.4. The van der Waals surface area contributed by atoms with E-state index in [0.29, 0.717) is 5.46 Å². The van der Waals surface area contributed by atoms with Crippen molar-refractivity contribution < 1.29 is 10.0 Å². The Bertz CT molecular complexity index is 6590. The highest BCUT2D eigenvalue weighted by Crippen LogP contribution is 2.46. The highest BCUT2D eigenvalue weighted by Gasteiger charge is 2.23.